The molecule has 0 aromatic heterocycles. The molecule has 2 aliphatic heterocycles. The molecule has 1 aromatic carbocycles. The van der Waals surface area contributed by atoms with E-state index in [1.807, 2.05) is 37.3 Å². The van der Waals surface area contributed by atoms with E-state index in [0.717, 1.165) is 5.56 Å². The molecule has 1 saturated heterocycles. The van der Waals surface area contributed by atoms with Crippen LogP contribution in [-0.4, -0.2) is 174 Å². The highest BCUT2D eigenvalue weighted by Gasteiger charge is 2.42. The molecule has 0 saturated carbocycles. The van der Waals surface area contributed by atoms with Crippen LogP contribution < -0.4 is 59.3 Å². The molecular weight excluding hydrogens is 1140 g/mol. The number of hydrogen-bond donors (Lipinski definition) is 13. The lowest BCUT2D eigenvalue weighted by atomic mass is 9.83. The van der Waals surface area contributed by atoms with Gasteiger partial charge in [-0.1, -0.05) is 111 Å². The number of aliphatic hydroxyl groups excluding tert-OH is 2. The summed E-state index contributed by atoms with van der Waals surface area (Å²) >= 11 is 0. The Morgan fingerprint density at radius 2 is 1.24 bits per heavy atom. The number of benzene rings is 1. The smallest absolute Gasteiger partial charge is 0.329 e. The number of rotatable bonds is 35. The molecule has 1 aromatic rings. The third kappa shape index (κ3) is 22.6. The molecule has 2 heterocycles. The van der Waals surface area contributed by atoms with E-state index >= 15 is 0 Å². The van der Waals surface area contributed by atoms with Gasteiger partial charge >= 0.3 is 5.97 Å². The summed E-state index contributed by atoms with van der Waals surface area (Å²) < 4.78 is 5.76. The fourth-order valence-electron chi connectivity index (χ4n) is 10.3. The second-order valence-electron chi connectivity index (χ2n) is 23.7. The van der Waals surface area contributed by atoms with Gasteiger partial charge in [0.05, 0.1) is 61.8 Å². The summed E-state index contributed by atoms with van der Waals surface area (Å²) in [6.45, 7) is 15.0. The first-order valence-corrected chi connectivity index (χ1v) is 30.8. The highest BCUT2D eigenvalue weighted by Crippen LogP contribution is 2.25. The van der Waals surface area contributed by atoms with Crippen LogP contribution in [0.25, 0.3) is 0 Å². The second-order valence-corrected chi connectivity index (χ2v) is 23.7. The maximum absolute atomic E-state index is 14.5. The Labute approximate surface area is 516 Å². The summed E-state index contributed by atoms with van der Waals surface area (Å²) in [6.07, 6.45) is -2.03. The molecule has 15 N–H and O–H groups in total. The van der Waals surface area contributed by atoms with E-state index in [1.54, 1.807) is 55.5 Å². The Morgan fingerprint density at radius 1 is 0.670 bits per heavy atom. The predicted molar refractivity (Wildman–Crippen MR) is 326 cm³/mol. The summed E-state index contributed by atoms with van der Waals surface area (Å²) in [6, 6.07) is -1.21. The monoisotopic (exact) mass is 1240 g/mol. The molecule has 0 spiro atoms. The number of ketones is 3. The number of likely N-dealkylation sites (N-methyl/N-ethyl adjacent to an activating group) is 1. The fraction of sp³-hybridized carbons (Fsp3) is 0.689. The number of aliphatic imine (C=N–C) groups is 1. The van der Waals surface area contributed by atoms with Crippen LogP contribution in [-0.2, 0) is 68.7 Å². The number of primary amides is 1. The molecule has 1 fully saturated rings. The normalized spacial score (nSPS) is 22.9. The van der Waals surface area contributed by atoms with E-state index in [4.69, 9.17) is 16.2 Å². The minimum Gasteiger partial charge on any atom is -0.458 e. The van der Waals surface area contributed by atoms with Crippen molar-refractivity contribution in [1.82, 2.24) is 47.9 Å². The number of nitrogens with zero attached hydrogens (tertiary/aromatic N) is 1. The lowest BCUT2D eigenvalue weighted by Crippen LogP contribution is -2.59. The SMILES string of the molecule is CC[C@H](C)[C@H](NC(=O)[C@@H](Cc1ccccc1)NC)C(=O)C[C@@H](CO)C(=O)N[C@H](CCC(N)=O)C(=O)C[C@@H](C(=O)N[C@H](C(=O)C[C@@H](CO)C(=O)N[C@H]1C(=O)N[C@@H](C)C(=O)N[C@@H](C[C@H]2CN=C(N)N2)C(=O)N[C@@H]([C@@H](C)CC)C(=O)O[C@H]1C)[C@@H](C)CC)[C@@H](C)CC. The molecule has 0 bridgehead atoms. The van der Waals surface area contributed by atoms with E-state index in [1.165, 1.54) is 13.8 Å². The maximum atomic E-state index is 14.5. The van der Waals surface area contributed by atoms with Crippen molar-refractivity contribution in [1.29, 1.82) is 0 Å². The van der Waals surface area contributed by atoms with E-state index in [9.17, 15) is 67.7 Å². The third-order valence-electron chi connectivity index (χ3n) is 17.1. The van der Waals surface area contributed by atoms with Crippen molar-refractivity contribution in [3.63, 3.8) is 0 Å². The van der Waals surface area contributed by atoms with Crippen LogP contribution in [0.5, 0.6) is 0 Å². The van der Waals surface area contributed by atoms with Crippen LogP contribution in [0.2, 0.25) is 0 Å². The summed E-state index contributed by atoms with van der Waals surface area (Å²) in [4.78, 5) is 171. The van der Waals surface area contributed by atoms with Gasteiger partial charge in [-0.2, -0.15) is 0 Å². The van der Waals surface area contributed by atoms with Crippen LogP contribution in [0, 0.1) is 41.4 Å². The predicted octanol–water partition coefficient (Wildman–Crippen LogP) is -0.987. The van der Waals surface area contributed by atoms with Crippen molar-refractivity contribution < 1.29 is 72.5 Å². The zero-order chi connectivity index (χ0) is 66.1. The van der Waals surface area contributed by atoms with Gasteiger partial charge in [-0.3, -0.25) is 57.7 Å². The van der Waals surface area contributed by atoms with Crippen molar-refractivity contribution in [2.45, 2.75) is 200 Å². The molecule has 2 aliphatic rings. The number of nitrogens with two attached hydrogens (primary N) is 2. The second kappa shape index (κ2) is 36.8. The van der Waals surface area contributed by atoms with Gasteiger partial charge < -0.3 is 74.3 Å². The molecule has 27 heteroatoms. The van der Waals surface area contributed by atoms with Gasteiger partial charge in [0.15, 0.2) is 23.3 Å². The van der Waals surface area contributed by atoms with Crippen LogP contribution in [0.15, 0.2) is 35.3 Å². The van der Waals surface area contributed by atoms with Crippen molar-refractivity contribution in [2.75, 3.05) is 26.8 Å². The zero-order valence-corrected chi connectivity index (χ0v) is 52.9. The summed E-state index contributed by atoms with van der Waals surface area (Å²) in [5.74, 6) is -15.3. The number of esters is 1. The standard InChI is InChI=1S/C61H98N12O15/c1-12-31(5)41(27-45(76)42(21-22-48(62)79)68-54(81)38(29-74)24-47(78)50(33(7)14-3)71-57(84)43(64-11)23-37-19-17-16-18-20-37)56(83)70-49(32(6)13-2)46(77)25-39(30-75)55(82)73-52-36(10)88-60(87)51(34(8)15-4)72-58(85)44(26-40-28-65-61(63)67-40)69-53(80)35(9)66-59(52)86/h16-20,31-36,38-44,49-52,64,74-75H,12-15,21-30H2,1-11H3,(H2,62,79)(H,66,86)(H,68,81)(H,69,80)(H,70,83)(H,71,84)(H,72,85)(H,73,82)(H3,63,65,67)/t31-,32-,33-,34-,35-,36-,38-,39-,40-,41+,42+,43+,44-,49-,50-,51-,52+/m0/s1. The molecule has 8 amide bonds. The van der Waals surface area contributed by atoms with Crippen molar-refractivity contribution in [2.24, 2.45) is 57.9 Å². The molecule has 27 nitrogen and oxygen atoms in total. The Balaban J connectivity index is 1.85. The Kier molecular flexibility index (Phi) is 31.3. The molecule has 17 atom stereocenters. The van der Waals surface area contributed by atoms with Crippen LogP contribution in [0.1, 0.15) is 139 Å². The van der Waals surface area contributed by atoms with Gasteiger partial charge in [0.2, 0.25) is 47.3 Å². The van der Waals surface area contributed by atoms with Gasteiger partial charge in [0.1, 0.15) is 30.3 Å². The largest absolute Gasteiger partial charge is 0.458 e. The Morgan fingerprint density at radius 3 is 1.75 bits per heavy atom. The highest BCUT2D eigenvalue weighted by atomic mass is 16.5. The first-order valence-electron chi connectivity index (χ1n) is 30.8. The van der Waals surface area contributed by atoms with Gasteiger partial charge in [-0.25, -0.2) is 4.79 Å². The summed E-state index contributed by atoms with van der Waals surface area (Å²) in [5.41, 5.74) is 12.2. The van der Waals surface area contributed by atoms with E-state index in [2.05, 4.69) is 52.8 Å². The lowest BCUT2D eigenvalue weighted by Gasteiger charge is -2.30. The zero-order valence-electron chi connectivity index (χ0n) is 52.9. The number of carbonyl (C=O) groups is 12. The summed E-state index contributed by atoms with van der Waals surface area (Å²) in [5, 5.41) is 45.5. The maximum Gasteiger partial charge on any atom is 0.329 e. The van der Waals surface area contributed by atoms with Crippen molar-refractivity contribution >= 4 is 76.5 Å². The first-order chi connectivity index (χ1) is 41.6. The van der Waals surface area contributed by atoms with Crippen LogP contribution in [0.4, 0.5) is 0 Å². The minimum absolute atomic E-state index is 0.00141. The number of aliphatic hydroxyl groups is 2. The highest BCUT2D eigenvalue weighted by molar-refractivity contribution is 5.99. The van der Waals surface area contributed by atoms with Gasteiger partial charge in [-0.05, 0) is 69.4 Å². The number of amides is 8. The number of carbonyl (C=O) groups excluding carboxylic acids is 12. The number of hydrogen-bond acceptors (Lipinski definition) is 19. The molecule has 0 aliphatic carbocycles. The van der Waals surface area contributed by atoms with Crippen LogP contribution >= 0.6 is 0 Å². The van der Waals surface area contributed by atoms with E-state index in [0.29, 0.717) is 32.1 Å². The molecule has 0 unspecified atom stereocenters. The van der Waals surface area contributed by atoms with Gasteiger partial charge in [0.25, 0.3) is 0 Å². The Bertz CT molecular complexity index is 2610. The van der Waals surface area contributed by atoms with Crippen LogP contribution in [0.3, 0.4) is 0 Å². The average Bonchev–Trinajstić information content (AvgIpc) is 4.12. The van der Waals surface area contributed by atoms with Crippen molar-refractivity contribution in [3.05, 3.63) is 35.9 Å². The average molecular weight is 1240 g/mol. The molecule has 3 rings (SSSR count). The number of nitrogens with one attached hydrogen (secondary N) is 9. The first kappa shape index (κ1) is 74.9. The molecule has 88 heavy (non-hydrogen) atoms. The van der Waals surface area contributed by atoms with Gasteiger partial charge in [0, 0.05) is 31.6 Å². The van der Waals surface area contributed by atoms with Crippen molar-refractivity contribution in [3.8, 4) is 0 Å². The summed E-state index contributed by atoms with van der Waals surface area (Å²) in [7, 11) is 1.62. The van der Waals surface area contributed by atoms with E-state index in [-0.39, 0.29) is 37.7 Å². The molecule has 492 valence electrons. The third-order valence-corrected chi connectivity index (χ3v) is 17.1. The lowest BCUT2D eigenvalue weighted by molar-refractivity contribution is -0.157. The topological polar surface area (TPSA) is 427 Å². The quantitative estimate of drug-likeness (QED) is 0.0363. The molecular formula is C61H98N12O15. The minimum atomic E-state index is -1.72. The van der Waals surface area contributed by atoms with E-state index < -0.39 is 199 Å². The van der Waals surface area contributed by atoms with Gasteiger partial charge in [-0.15, -0.1) is 0 Å². The Hall–Kier alpha value is -7.39. The fourth-order valence-corrected chi connectivity index (χ4v) is 10.3. The number of guanidine groups is 1. The number of ether oxygens (including phenoxy) is 1. The number of Topliss-reactive ketones (excluding diaryl/α,β-unsaturated/α-hetero) is 3. The molecule has 0 radical (unpaired) electrons. The number of cyclic esters (lactones) is 1.